The average Bonchev–Trinajstić information content (AvgIpc) is 2.63. The number of hydrogen-bond donors (Lipinski definition) is 2. The zero-order valence-electron chi connectivity index (χ0n) is 8.93. The van der Waals surface area contributed by atoms with Crippen LogP contribution in [-0.4, -0.2) is 22.7 Å². The molecule has 2 unspecified atom stereocenters. The summed E-state index contributed by atoms with van der Waals surface area (Å²) in [6.07, 6.45) is 1.16. The summed E-state index contributed by atoms with van der Waals surface area (Å²) in [5.41, 5.74) is 3.75. The first kappa shape index (κ1) is 11.0. The molecule has 16 heavy (non-hydrogen) atoms. The van der Waals surface area contributed by atoms with E-state index in [0.717, 1.165) is 5.75 Å². The van der Waals surface area contributed by atoms with Gasteiger partial charge in [0.1, 0.15) is 17.5 Å². The van der Waals surface area contributed by atoms with Crippen molar-refractivity contribution in [2.75, 3.05) is 0 Å². The summed E-state index contributed by atoms with van der Waals surface area (Å²) in [4.78, 5) is 11.0. The first-order valence-corrected chi connectivity index (χ1v) is 5.34. The van der Waals surface area contributed by atoms with E-state index in [2.05, 4.69) is 0 Å². The van der Waals surface area contributed by atoms with Crippen LogP contribution in [0.2, 0.25) is 0 Å². The number of para-hydroxylation sites is 1. The minimum atomic E-state index is -1.39. The van der Waals surface area contributed by atoms with Crippen LogP contribution in [0.3, 0.4) is 0 Å². The third-order valence-electron chi connectivity index (χ3n) is 2.95. The minimum Gasteiger partial charge on any atom is -0.490 e. The van der Waals surface area contributed by atoms with E-state index < -0.39 is 11.5 Å². The third-order valence-corrected chi connectivity index (χ3v) is 2.95. The van der Waals surface area contributed by atoms with Gasteiger partial charge in [0.05, 0.1) is 0 Å². The Kier molecular flexibility index (Phi) is 2.83. The van der Waals surface area contributed by atoms with Gasteiger partial charge in [-0.3, -0.25) is 4.79 Å². The molecule has 4 nitrogen and oxygen atoms in total. The number of carbonyl (C=O) groups is 1. The Morgan fingerprint density at radius 3 is 2.69 bits per heavy atom. The molecule has 0 heterocycles. The fraction of sp³-hybridized carbons (Fsp3) is 0.417. The molecule has 1 fully saturated rings. The van der Waals surface area contributed by atoms with Crippen LogP contribution < -0.4 is 10.5 Å². The van der Waals surface area contributed by atoms with Gasteiger partial charge in [0.15, 0.2) is 0 Å². The fourth-order valence-corrected chi connectivity index (χ4v) is 2.00. The standard InChI is InChI=1S/C12H15NO3/c13-11(14)12(15)7-6-10(8-12)16-9-4-2-1-3-5-9/h1-5,10,15H,6-8H2,(H2,13,14). The molecule has 1 aromatic carbocycles. The van der Waals surface area contributed by atoms with E-state index in [1.165, 1.54) is 0 Å². The quantitative estimate of drug-likeness (QED) is 0.794. The molecule has 4 heteroatoms. The van der Waals surface area contributed by atoms with Gasteiger partial charge in [0, 0.05) is 6.42 Å². The van der Waals surface area contributed by atoms with Crippen molar-refractivity contribution in [3.05, 3.63) is 30.3 Å². The van der Waals surface area contributed by atoms with Gasteiger partial charge in [-0.05, 0) is 25.0 Å². The summed E-state index contributed by atoms with van der Waals surface area (Å²) < 4.78 is 5.65. The highest BCUT2D eigenvalue weighted by atomic mass is 16.5. The summed E-state index contributed by atoms with van der Waals surface area (Å²) >= 11 is 0. The first-order valence-electron chi connectivity index (χ1n) is 5.34. The van der Waals surface area contributed by atoms with Gasteiger partial charge >= 0.3 is 0 Å². The van der Waals surface area contributed by atoms with Crippen molar-refractivity contribution in [2.45, 2.75) is 31.0 Å². The van der Waals surface area contributed by atoms with Crippen LogP contribution in [0.5, 0.6) is 5.75 Å². The maximum atomic E-state index is 11.0. The second-order valence-electron chi connectivity index (χ2n) is 4.19. The van der Waals surface area contributed by atoms with E-state index in [1.807, 2.05) is 30.3 Å². The third kappa shape index (κ3) is 2.17. The molecule has 0 spiro atoms. The van der Waals surface area contributed by atoms with E-state index in [4.69, 9.17) is 10.5 Å². The van der Waals surface area contributed by atoms with Crippen molar-refractivity contribution >= 4 is 5.91 Å². The average molecular weight is 221 g/mol. The maximum absolute atomic E-state index is 11.0. The highest BCUT2D eigenvalue weighted by molar-refractivity contribution is 5.83. The molecule has 1 aromatic rings. The lowest BCUT2D eigenvalue weighted by Gasteiger charge is -2.18. The van der Waals surface area contributed by atoms with Gasteiger partial charge in [-0.2, -0.15) is 0 Å². The molecule has 1 saturated carbocycles. The smallest absolute Gasteiger partial charge is 0.249 e. The van der Waals surface area contributed by atoms with E-state index in [0.29, 0.717) is 12.8 Å². The van der Waals surface area contributed by atoms with Crippen molar-refractivity contribution in [1.29, 1.82) is 0 Å². The van der Waals surface area contributed by atoms with Crippen LogP contribution in [0.15, 0.2) is 30.3 Å². The number of ether oxygens (including phenoxy) is 1. The van der Waals surface area contributed by atoms with Crippen LogP contribution in [0.1, 0.15) is 19.3 Å². The van der Waals surface area contributed by atoms with Crippen LogP contribution in [0, 0.1) is 0 Å². The number of amides is 1. The van der Waals surface area contributed by atoms with Gasteiger partial charge in [-0.1, -0.05) is 18.2 Å². The molecule has 2 rings (SSSR count). The van der Waals surface area contributed by atoms with Crippen molar-refractivity contribution in [1.82, 2.24) is 0 Å². The Hall–Kier alpha value is -1.55. The molecule has 0 radical (unpaired) electrons. The van der Waals surface area contributed by atoms with Gasteiger partial charge < -0.3 is 15.6 Å². The number of carbonyl (C=O) groups excluding carboxylic acids is 1. The highest BCUT2D eigenvalue weighted by Crippen LogP contribution is 2.32. The molecule has 1 aliphatic carbocycles. The summed E-state index contributed by atoms with van der Waals surface area (Å²) in [5.74, 6) is 0.0906. The van der Waals surface area contributed by atoms with Crippen molar-refractivity contribution in [3.8, 4) is 5.75 Å². The Balaban J connectivity index is 1.98. The van der Waals surface area contributed by atoms with Gasteiger partial charge in [-0.25, -0.2) is 0 Å². The molecule has 3 N–H and O–H groups in total. The second kappa shape index (κ2) is 4.14. The lowest BCUT2D eigenvalue weighted by molar-refractivity contribution is -0.136. The second-order valence-corrected chi connectivity index (χ2v) is 4.19. The molecular formula is C12H15NO3. The van der Waals surface area contributed by atoms with Crippen molar-refractivity contribution in [3.63, 3.8) is 0 Å². The van der Waals surface area contributed by atoms with Crippen LogP contribution >= 0.6 is 0 Å². The zero-order chi connectivity index (χ0) is 11.6. The van der Waals surface area contributed by atoms with Gasteiger partial charge in [0.2, 0.25) is 5.91 Å². The number of benzene rings is 1. The molecular weight excluding hydrogens is 206 g/mol. The summed E-state index contributed by atoms with van der Waals surface area (Å²) in [6.45, 7) is 0. The molecule has 1 aliphatic rings. The largest absolute Gasteiger partial charge is 0.490 e. The number of hydrogen-bond acceptors (Lipinski definition) is 3. The Bertz CT molecular complexity index is 379. The normalized spacial score (nSPS) is 28.9. The van der Waals surface area contributed by atoms with Crippen molar-refractivity contribution in [2.24, 2.45) is 5.73 Å². The van der Waals surface area contributed by atoms with E-state index in [9.17, 15) is 9.90 Å². The van der Waals surface area contributed by atoms with Crippen LogP contribution in [0.4, 0.5) is 0 Å². The fourth-order valence-electron chi connectivity index (χ4n) is 2.00. The number of nitrogens with two attached hydrogens (primary N) is 1. The summed E-state index contributed by atoms with van der Waals surface area (Å²) in [7, 11) is 0. The lowest BCUT2D eigenvalue weighted by atomic mass is 10.0. The molecule has 86 valence electrons. The number of rotatable bonds is 3. The predicted octanol–water partition coefficient (Wildman–Crippen LogP) is 0.834. The highest BCUT2D eigenvalue weighted by Gasteiger charge is 2.43. The molecule has 0 saturated heterocycles. The summed E-state index contributed by atoms with van der Waals surface area (Å²) in [6, 6.07) is 9.36. The monoisotopic (exact) mass is 221 g/mol. The summed E-state index contributed by atoms with van der Waals surface area (Å²) in [5, 5.41) is 9.86. The molecule has 1 amide bonds. The Morgan fingerprint density at radius 2 is 2.12 bits per heavy atom. The van der Waals surface area contributed by atoms with Crippen LogP contribution in [-0.2, 0) is 4.79 Å². The lowest BCUT2D eigenvalue weighted by Crippen LogP contribution is -2.42. The molecule has 2 atom stereocenters. The Morgan fingerprint density at radius 1 is 1.44 bits per heavy atom. The van der Waals surface area contributed by atoms with E-state index >= 15 is 0 Å². The van der Waals surface area contributed by atoms with Crippen molar-refractivity contribution < 1.29 is 14.6 Å². The molecule has 0 bridgehead atoms. The van der Waals surface area contributed by atoms with Gasteiger partial charge in [-0.15, -0.1) is 0 Å². The van der Waals surface area contributed by atoms with E-state index in [-0.39, 0.29) is 12.5 Å². The van der Waals surface area contributed by atoms with E-state index in [1.54, 1.807) is 0 Å². The first-order chi connectivity index (χ1) is 7.60. The van der Waals surface area contributed by atoms with Gasteiger partial charge in [0.25, 0.3) is 0 Å². The Labute approximate surface area is 94.0 Å². The zero-order valence-corrected chi connectivity index (χ0v) is 8.93. The topological polar surface area (TPSA) is 72.6 Å². The number of aliphatic hydroxyl groups is 1. The van der Waals surface area contributed by atoms with Crippen LogP contribution in [0.25, 0.3) is 0 Å². The molecule has 0 aliphatic heterocycles. The number of primary amides is 1. The molecule has 0 aromatic heterocycles. The maximum Gasteiger partial charge on any atom is 0.249 e. The SMILES string of the molecule is NC(=O)C1(O)CCC(Oc2ccccc2)C1. The predicted molar refractivity (Wildman–Crippen MR) is 58.9 cm³/mol. The minimum absolute atomic E-state index is 0.139.